The maximum atomic E-state index is 12.4. The first-order chi connectivity index (χ1) is 11.0. The minimum absolute atomic E-state index is 0. The smallest absolute Gasteiger partial charge is 0.246 e. The van der Waals surface area contributed by atoms with Crippen LogP contribution in [-0.4, -0.2) is 16.4 Å². The van der Waals surface area contributed by atoms with Crippen molar-refractivity contribution in [1.82, 2.24) is 4.98 Å². The molecule has 1 aliphatic carbocycles. The third-order valence-corrected chi connectivity index (χ3v) is 5.62. The molecule has 0 radical (unpaired) electrons. The Balaban J connectivity index is 0.00000208. The number of carbonyl (C=O) groups excluding carboxylic acids is 1. The van der Waals surface area contributed by atoms with Gasteiger partial charge in [-0.1, -0.05) is 42.7 Å². The molecule has 130 valence electrons. The first-order valence-corrected chi connectivity index (χ1v) is 8.90. The molecule has 1 saturated carbocycles. The quantitative estimate of drug-likeness (QED) is 0.860. The second-order valence-electron chi connectivity index (χ2n) is 6.51. The van der Waals surface area contributed by atoms with Crippen LogP contribution in [0.5, 0.6) is 0 Å². The maximum Gasteiger partial charge on any atom is 0.246 e. The van der Waals surface area contributed by atoms with Crippen molar-refractivity contribution in [2.75, 3.05) is 5.32 Å². The lowest BCUT2D eigenvalue weighted by molar-refractivity contribution is -0.121. The number of benzene rings is 1. The monoisotopic (exact) mass is 365 g/mol. The molecular formula is C18H24ClN3OS. The summed E-state index contributed by atoms with van der Waals surface area (Å²) in [5, 5.41) is 3.58. The molecular weight excluding hydrogens is 342 g/mol. The Kier molecular flexibility index (Phi) is 6.01. The molecule has 3 N–H and O–H groups in total. The van der Waals surface area contributed by atoms with Gasteiger partial charge < -0.3 is 11.1 Å². The molecule has 1 aliphatic rings. The Labute approximate surface area is 153 Å². The molecule has 4 nitrogen and oxygen atoms in total. The predicted molar refractivity (Wildman–Crippen MR) is 102 cm³/mol. The Morgan fingerprint density at radius 3 is 2.50 bits per heavy atom. The van der Waals surface area contributed by atoms with Crippen LogP contribution in [0.3, 0.4) is 0 Å². The van der Waals surface area contributed by atoms with Gasteiger partial charge in [-0.3, -0.25) is 4.79 Å². The second kappa shape index (κ2) is 7.64. The van der Waals surface area contributed by atoms with Gasteiger partial charge in [0.15, 0.2) is 5.13 Å². The van der Waals surface area contributed by atoms with Gasteiger partial charge in [0.05, 0.1) is 11.2 Å². The van der Waals surface area contributed by atoms with Crippen LogP contribution >= 0.6 is 23.7 Å². The van der Waals surface area contributed by atoms with Gasteiger partial charge in [-0.25, -0.2) is 4.98 Å². The minimum Gasteiger partial charge on any atom is -0.317 e. The number of thiazole rings is 1. The van der Waals surface area contributed by atoms with Gasteiger partial charge in [-0.05, 0) is 32.3 Å². The number of nitrogens with zero attached hydrogens (tertiary/aromatic N) is 1. The summed E-state index contributed by atoms with van der Waals surface area (Å²) in [6.07, 6.45) is 4.42. The number of halogens is 1. The first kappa shape index (κ1) is 18.9. The lowest BCUT2D eigenvalue weighted by Gasteiger charge is -2.21. The van der Waals surface area contributed by atoms with E-state index in [0.29, 0.717) is 5.13 Å². The van der Waals surface area contributed by atoms with E-state index in [1.165, 1.54) is 16.0 Å². The molecule has 1 aromatic heterocycles. The third-order valence-electron chi connectivity index (χ3n) is 4.55. The molecule has 24 heavy (non-hydrogen) atoms. The molecule has 2 aromatic rings. The van der Waals surface area contributed by atoms with E-state index in [1.54, 1.807) is 11.3 Å². The van der Waals surface area contributed by atoms with E-state index in [2.05, 4.69) is 41.5 Å². The number of aromatic nitrogens is 1. The number of nitrogens with one attached hydrogen (secondary N) is 1. The standard InChI is InChI=1S/C18H23N3OS.ClH/c1-12-5-7-14(8-6-12)11-15-13(2)20-17(23-15)21-16(22)18(19)9-3-4-10-18;/h5-8H,3-4,9-11,19H2,1-2H3,(H,20,21,22);1H. The highest BCUT2D eigenvalue weighted by molar-refractivity contribution is 7.15. The molecule has 3 rings (SSSR count). The predicted octanol–water partition coefficient (Wildman–Crippen LogP) is 3.98. The maximum absolute atomic E-state index is 12.4. The SMILES string of the molecule is Cc1ccc(Cc2sc(NC(=O)C3(N)CCCC3)nc2C)cc1.Cl. The van der Waals surface area contributed by atoms with Gasteiger partial charge in [0.25, 0.3) is 0 Å². The lowest BCUT2D eigenvalue weighted by Crippen LogP contribution is -2.48. The number of amides is 1. The summed E-state index contributed by atoms with van der Waals surface area (Å²) in [5.41, 5.74) is 8.97. The second-order valence-corrected chi connectivity index (χ2v) is 7.59. The average Bonchev–Trinajstić information content (AvgIpc) is 3.09. The van der Waals surface area contributed by atoms with Crippen LogP contribution in [-0.2, 0) is 11.2 Å². The molecule has 0 unspecified atom stereocenters. The molecule has 0 spiro atoms. The van der Waals surface area contributed by atoms with Crippen LogP contribution in [0.1, 0.15) is 47.4 Å². The van der Waals surface area contributed by atoms with Crippen molar-refractivity contribution in [2.45, 2.75) is 51.5 Å². The molecule has 6 heteroatoms. The van der Waals surface area contributed by atoms with Gasteiger partial charge in [-0.2, -0.15) is 0 Å². The van der Waals surface area contributed by atoms with E-state index in [-0.39, 0.29) is 18.3 Å². The molecule has 0 atom stereocenters. The van der Waals surface area contributed by atoms with Crippen molar-refractivity contribution < 1.29 is 4.79 Å². The number of aryl methyl sites for hydroxylation is 2. The highest BCUT2D eigenvalue weighted by atomic mass is 35.5. The average molecular weight is 366 g/mol. The van der Waals surface area contributed by atoms with E-state index in [0.717, 1.165) is 37.8 Å². The van der Waals surface area contributed by atoms with E-state index < -0.39 is 5.54 Å². The summed E-state index contributed by atoms with van der Waals surface area (Å²) in [7, 11) is 0. The van der Waals surface area contributed by atoms with Gasteiger partial charge in [-0.15, -0.1) is 23.7 Å². The van der Waals surface area contributed by atoms with E-state index in [9.17, 15) is 4.79 Å². The van der Waals surface area contributed by atoms with Crippen LogP contribution < -0.4 is 11.1 Å². The van der Waals surface area contributed by atoms with Crippen LogP contribution in [0.15, 0.2) is 24.3 Å². The molecule has 0 saturated heterocycles. The van der Waals surface area contributed by atoms with Crippen molar-refractivity contribution in [3.8, 4) is 0 Å². The van der Waals surface area contributed by atoms with Crippen molar-refractivity contribution >= 4 is 34.8 Å². The van der Waals surface area contributed by atoms with Gasteiger partial charge in [0, 0.05) is 11.3 Å². The zero-order valence-electron chi connectivity index (χ0n) is 14.1. The van der Waals surface area contributed by atoms with Crippen molar-refractivity contribution in [3.63, 3.8) is 0 Å². The van der Waals surface area contributed by atoms with Crippen LogP contribution in [0.2, 0.25) is 0 Å². The lowest BCUT2D eigenvalue weighted by atomic mass is 9.98. The zero-order chi connectivity index (χ0) is 16.4. The van der Waals surface area contributed by atoms with Crippen LogP contribution in [0.4, 0.5) is 5.13 Å². The topological polar surface area (TPSA) is 68.0 Å². The summed E-state index contributed by atoms with van der Waals surface area (Å²) < 4.78 is 0. The Morgan fingerprint density at radius 1 is 1.25 bits per heavy atom. The van der Waals surface area contributed by atoms with Crippen molar-refractivity contribution in [2.24, 2.45) is 5.73 Å². The van der Waals surface area contributed by atoms with Crippen molar-refractivity contribution in [3.05, 3.63) is 46.0 Å². The molecule has 0 aliphatic heterocycles. The third kappa shape index (κ3) is 4.15. The number of nitrogens with two attached hydrogens (primary N) is 1. The number of rotatable bonds is 4. The van der Waals surface area contributed by atoms with Gasteiger partial charge in [0.2, 0.25) is 5.91 Å². The van der Waals surface area contributed by atoms with E-state index in [4.69, 9.17) is 5.73 Å². The molecule has 0 bridgehead atoms. The van der Waals surface area contributed by atoms with E-state index in [1.807, 2.05) is 6.92 Å². The fourth-order valence-electron chi connectivity index (χ4n) is 2.99. The summed E-state index contributed by atoms with van der Waals surface area (Å²) in [6.45, 7) is 4.07. The molecule has 1 aromatic carbocycles. The largest absolute Gasteiger partial charge is 0.317 e. The molecule has 1 heterocycles. The summed E-state index contributed by atoms with van der Waals surface area (Å²) in [4.78, 5) is 18.1. The number of anilines is 1. The highest BCUT2D eigenvalue weighted by Crippen LogP contribution is 2.30. The molecule has 1 amide bonds. The van der Waals surface area contributed by atoms with E-state index >= 15 is 0 Å². The van der Waals surface area contributed by atoms with Gasteiger partial charge >= 0.3 is 0 Å². The van der Waals surface area contributed by atoms with Crippen LogP contribution in [0.25, 0.3) is 0 Å². The summed E-state index contributed by atoms with van der Waals surface area (Å²) >= 11 is 1.55. The number of carbonyl (C=O) groups is 1. The fourth-order valence-corrected chi connectivity index (χ4v) is 3.98. The Morgan fingerprint density at radius 2 is 1.88 bits per heavy atom. The van der Waals surface area contributed by atoms with Crippen molar-refractivity contribution in [1.29, 1.82) is 0 Å². The first-order valence-electron chi connectivity index (χ1n) is 8.08. The fraction of sp³-hybridized carbons (Fsp3) is 0.444. The zero-order valence-corrected chi connectivity index (χ0v) is 15.7. The van der Waals surface area contributed by atoms with Gasteiger partial charge in [0.1, 0.15) is 0 Å². The minimum atomic E-state index is -0.712. The summed E-state index contributed by atoms with van der Waals surface area (Å²) in [5.74, 6) is -0.0920. The number of hydrogen-bond donors (Lipinski definition) is 2. The Bertz CT molecular complexity index is 706. The normalized spacial score (nSPS) is 15.8. The highest BCUT2D eigenvalue weighted by Gasteiger charge is 2.37. The van der Waals surface area contributed by atoms with Crippen LogP contribution in [0, 0.1) is 13.8 Å². The Hall–Kier alpha value is -1.43. The number of hydrogen-bond acceptors (Lipinski definition) is 4. The summed E-state index contributed by atoms with van der Waals surface area (Å²) in [6, 6.07) is 8.51. The molecule has 1 fully saturated rings.